The first-order valence-corrected chi connectivity index (χ1v) is 9.13. The van der Waals surface area contributed by atoms with Gasteiger partial charge in [0.15, 0.2) is 5.65 Å². The molecule has 1 unspecified atom stereocenters. The maximum atomic E-state index is 4.91. The van der Waals surface area contributed by atoms with Crippen LogP contribution in [0.1, 0.15) is 31.5 Å². The number of rotatable bonds is 5. The van der Waals surface area contributed by atoms with Crippen LogP contribution in [0, 0.1) is 5.92 Å². The van der Waals surface area contributed by atoms with E-state index >= 15 is 0 Å². The minimum absolute atomic E-state index is 0.714. The molecule has 0 saturated carbocycles. The molecule has 2 aromatic rings. The molecular formula is C18H27N5. The van der Waals surface area contributed by atoms with Crippen molar-refractivity contribution in [3.05, 3.63) is 24.2 Å². The summed E-state index contributed by atoms with van der Waals surface area (Å²) in [7, 11) is 0. The van der Waals surface area contributed by atoms with Crippen LogP contribution < -0.4 is 5.32 Å². The predicted octanol–water partition coefficient (Wildman–Crippen LogP) is 2.07. The summed E-state index contributed by atoms with van der Waals surface area (Å²) in [6.07, 6.45) is 8.27. The van der Waals surface area contributed by atoms with E-state index in [0.717, 1.165) is 37.2 Å². The van der Waals surface area contributed by atoms with E-state index in [1.807, 2.05) is 12.3 Å². The van der Waals surface area contributed by atoms with Gasteiger partial charge in [0.25, 0.3) is 0 Å². The summed E-state index contributed by atoms with van der Waals surface area (Å²) in [5.41, 5.74) is 2.11. The Bertz CT molecular complexity index is 638. The summed E-state index contributed by atoms with van der Waals surface area (Å²) in [6, 6.07) is 4.09. The zero-order valence-electron chi connectivity index (χ0n) is 13.9. The van der Waals surface area contributed by atoms with Gasteiger partial charge in [-0.1, -0.05) is 0 Å². The Kier molecular flexibility index (Phi) is 4.57. The Balaban J connectivity index is 1.55. The lowest BCUT2D eigenvalue weighted by Gasteiger charge is -2.23. The third-order valence-electron chi connectivity index (χ3n) is 5.29. The number of piperidine rings is 1. The smallest absolute Gasteiger partial charge is 0.160 e. The van der Waals surface area contributed by atoms with Gasteiger partial charge in [0.2, 0.25) is 0 Å². The van der Waals surface area contributed by atoms with E-state index in [-0.39, 0.29) is 0 Å². The SMILES string of the molecule is c1cnc2c(c1)nc(CC1CCCNC1)n2CCN1CCCC1. The molecule has 23 heavy (non-hydrogen) atoms. The zero-order valence-corrected chi connectivity index (χ0v) is 13.9. The van der Waals surface area contributed by atoms with E-state index in [9.17, 15) is 0 Å². The number of likely N-dealkylation sites (tertiary alicyclic amines) is 1. The second kappa shape index (κ2) is 6.97. The summed E-state index contributed by atoms with van der Waals surface area (Å²) in [5.74, 6) is 1.94. The molecule has 2 saturated heterocycles. The largest absolute Gasteiger partial charge is 0.316 e. The average molecular weight is 313 g/mol. The highest BCUT2D eigenvalue weighted by molar-refractivity contribution is 5.71. The van der Waals surface area contributed by atoms with E-state index in [0.29, 0.717) is 5.92 Å². The van der Waals surface area contributed by atoms with Crippen molar-refractivity contribution < 1.29 is 0 Å². The maximum absolute atomic E-state index is 4.91. The van der Waals surface area contributed by atoms with Crippen LogP contribution >= 0.6 is 0 Å². The Morgan fingerprint density at radius 2 is 2.09 bits per heavy atom. The highest BCUT2D eigenvalue weighted by Gasteiger charge is 2.20. The van der Waals surface area contributed by atoms with E-state index in [2.05, 4.69) is 25.8 Å². The van der Waals surface area contributed by atoms with E-state index in [4.69, 9.17) is 4.98 Å². The van der Waals surface area contributed by atoms with Crippen LogP contribution in [0.4, 0.5) is 0 Å². The molecule has 1 atom stereocenters. The number of hydrogen-bond acceptors (Lipinski definition) is 4. The van der Waals surface area contributed by atoms with Crippen LogP contribution in [0.5, 0.6) is 0 Å². The third kappa shape index (κ3) is 3.40. The Morgan fingerprint density at radius 1 is 1.17 bits per heavy atom. The highest BCUT2D eigenvalue weighted by Crippen LogP contribution is 2.20. The van der Waals surface area contributed by atoms with E-state index in [1.165, 1.54) is 51.1 Å². The summed E-state index contributed by atoms with van der Waals surface area (Å²) in [4.78, 5) is 12.1. The molecule has 2 aliphatic rings. The van der Waals surface area contributed by atoms with Crippen molar-refractivity contribution in [3.63, 3.8) is 0 Å². The number of aromatic nitrogens is 3. The molecule has 2 aromatic heterocycles. The molecule has 5 heteroatoms. The number of nitrogens with zero attached hydrogens (tertiary/aromatic N) is 4. The Morgan fingerprint density at radius 3 is 2.91 bits per heavy atom. The van der Waals surface area contributed by atoms with Gasteiger partial charge in [-0.25, -0.2) is 9.97 Å². The summed E-state index contributed by atoms with van der Waals surface area (Å²) in [5, 5.41) is 3.52. The van der Waals surface area contributed by atoms with Gasteiger partial charge in [-0.05, 0) is 69.9 Å². The topological polar surface area (TPSA) is 46.0 Å². The van der Waals surface area contributed by atoms with Crippen molar-refractivity contribution in [2.75, 3.05) is 32.7 Å². The fourth-order valence-electron chi connectivity index (χ4n) is 4.00. The summed E-state index contributed by atoms with van der Waals surface area (Å²) >= 11 is 0. The number of nitrogens with one attached hydrogen (secondary N) is 1. The van der Waals surface area contributed by atoms with Crippen molar-refractivity contribution in [1.29, 1.82) is 0 Å². The minimum atomic E-state index is 0.714. The number of pyridine rings is 1. The van der Waals surface area contributed by atoms with Crippen LogP contribution in [-0.2, 0) is 13.0 Å². The molecule has 0 bridgehead atoms. The van der Waals surface area contributed by atoms with Gasteiger partial charge in [0.05, 0.1) is 0 Å². The highest BCUT2D eigenvalue weighted by atomic mass is 15.2. The van der Waals surface area contributed by atoms with Gasteiger partial charge in [0, 0.05) is 25.7 Å². The lowest BCUT2D eigenvalue weighted by molar-refractivity contribution is 0.317. The molecule has 4 rings (SSSR count). The van der Waals surface area contributed by atoms with Gasteiger partial charge in [0.1, 0.15) is 11.3 Å². The van der Waals surface area contributed by atoms with E-state index < -0.39 is 0 Å². The average Bonchev–Trinajstić information content (AvgIpc) is 3.21. The van der Waals surface area contributed by atoms with Crippen molar-refractivity contribution in [1.82, 2.24) is 24.8 Å². The lowest BCUT2D eigenvalue weighted by Crippen LogP contribution is -2.32. The van der Waals surface area contributed by atoms with Crippen molar-refractivity contribution >= 4 is 11.2 Å². The quantitative estimate of drug-likeness (QED) is 0.918. The fourth-order valence-corrected chi connectivity index (χ4v) is 4.00. The molecule has 5 nitrogen and oxygen atoms in total. The molecule has 0 amide bonds. The zero-order chi connectivity index (χ0) is 15.5. The second-order valence-electron chi connectivity index (χ2n) is 6.99. The maximum Gasteiger partial charge on any atom is 0.160 e. The summed E-state index contributed by atoms with van der Waals surface area (Å²) in [6.45, 7) is 6.94. The van der Waals surface area contributed by atoms with E-state index in [1.54, 1.807) is 0 Å². The van der Waals surface area contributed by atoms with Gasteiger partial charge >= 0.3 is 0 Å². The number of imidazole rings is 1. The number of fused-ring (bicyclic) bond motifs is 1. The molecule has 2 fully saturated rings. The van der Waals surface area contributed by atoms with Gasteiger partial charge in [-0.2, -0.15) is 0 Å². The van der Waals surface area contributed by atoms with Crippen LogP contribution in [0.3, 0.4) is 0 Å². The van der Waals surface area contributed by atoms with Gasteiger partial charge < -0.3 is 14.8 Å². The number of hydrogen-bond donors (Lipinski definition) is 1. The molecule has 2 aliphatic heterocycles. The van der Waals surface area contributed by atoms with Crippen molar-refractivity contribution in [2.45, 2.75) is 38.6 Å². The molecule has 0 aromatic carbocycles. The molecule has 1 N–H and O–H groups in total. The molecule has 124 valence electrons. The monoisotopic (exact) mass is 313 g/mol. The second-order valence-corrected chi connectivity index (χ2v) is 6.99. The standard InChI is InChI=1S/C18H27N5/c1-2-10-22(9-1)11-12-23-17(13-15-5-3-7-19-14-15)21-16-6-4-8-20-18(16)23/h4,6,8,15,19H,1-3,5,7,9-14H2. The minimum Gasteiger partial charge on any atom is -0.316 e. The van der Waals surface area contributed by atoms with Crippen LogP contribution in [0.25, 0.3) is 11.2 Å². The van der Waals surface area contributed by atoms with Gasteiger partial charge in [-0.3, -0.25) is 0 Å². The van der Waals surface area contributed by atoms with Crippen LogP contribution in [0.2, 0.25) is 0 Å². The van der Waals surface area contributed by atoms with Gasteiger partial charge in [-0.15, -0.1) is 0 Å². The first-order chi connectivity index (χ1) is 11.4. The third-order valence-corrected chi connectivity index (χ3v) is 5.29. The molecule has 0 spiro atoms. The normalized spacial score (nSPS) is 22.9. The first-order valence-electron chi connectivity index (χ1n) is 9.13. The Labute approximate surface area is 138 Å². The fraction of sp³-hybridized carbons (Fsp3) is 0.667. The van der Waals surface area contributed by atoms with Crippen LogP contribution in [-0.4, -0.2) is 52.2 Å². The van der Waals surface area contributed by atoms with Crippen molar-refractivity contribution in [2.24, 2.45) is 5.92 Å². The molecule has 4 heterocycles. The lowest BCUT2D eigenvalue weighted by atomic mass is 9.96. The van der Waals surface area contributed by atoms with Crippen LogP contribution in [0.15, 0.2) is 18.3 Å². The molecular weight excluding hydrogens is 286 g/mol. The summed E-state index contributed by atoms with van der Waals surface area (Å²) < 4.78 is 2.38. The Hall–Kier alpha value is -1.46. The predicted molar refractivity (Wildman–Crippen MR) is 92.5 cm³/mol. The molecule has 0 radical (unpaired) electrons. The molecule has 0 aliphatic carbocycles. The first kappa shape index (κ1) is 15.1. The van der Waals surface area contributed by atoms with Crippen molar-refractivity contribution in [3.8, 4) is 0 Å².